The largest absolute Gasteiger partial charge is 0.487 e. The minimum absolute atomic E-state index is 0.157. The molecule has 0 heterocycles. The number of alkyl halides is 1. The number of nitrogens with zero attached hydrogens (tertiary/aromatic N) is 1. The number of hydrogen-bond acceptors (Lipinski definition) is 2. The summed E-state index contributed by atoms with van der Waals surface area (Å²) in [5.41, 5.74) is 7.30. The zero-order valence-electron chi connectivity index (χ0n) is 10.7. The van der Waals surface area contributed by atoms with Gasteiger partial charge in [0.1, 0.15) is 23.9 Å². The third kappa shape index (κ3) is 4.15. The average molecular weight is 309 g/mol. The van der Waals surface area contributed by atoms with Crippen LogP contribution in [0.2, 0.25) is 5.02 Å². The first-order valence-electron chi connectivity index (χ1n) is 6.04. The summed E-state index contributed by atoms with van der Waals surface area (Å²) in [6, 6.07) is 15.1. The molecule has 20 heavy (non-hydrogen) atoms. The summed E-state index contributed by atoms with van der Waals surface area (Å²) in [5, 5.41) is 0.568. The third-order valence-corrected chi connectivity index (χ3v) is 3.07. The lowest BCUT2D eigenvalue weighted by atomic mass is 10.2. The molecule has 0 amide bonds. The number of ether oxygens (including phenoxy) is 1. The van der Waals surface area contributed by atoms with Crippen molar-refractivity contribution in [2.75, 3.05) is 5.88 Å². The second kappa shape index (κ2) is 7.17. The van der Waals surface area contributed by atoms with Gasteiger partial charge >= 0.3 is 0 Å². The molecule has 0 saturated carbocycles. The Labute approximate surface area is 128 Å². The van der Waals surface area contributed by atoms with Gasteiger partial charge in [0.2, 0.25) is 0 Å². The maximum Gasteiger partial charge on any atom is 0.145 e. The predicted octanol–water partition coefficient (Wildman–Crippen LogP) is 4.15. The van der Waals surface area contributed by atoms with Crippen molar-refractivity contribution in [3.05, 3.63) is 59.1 Å². The molecule has 2 rings (SSSR count). The van der Waals surface area contributed by atoms with Crippen molar-refractivity contribution in [2.45, 2.75) is 6.61 Å². The van der Waals surface area contributed by atoms with Crippen LogP contribution in [0.4, 0.5) is 5.69 Å². The molecule has 0 saturated heterocycles. The van der Waals surface area contributed by atoms with E-state index in [-0.39, 0.29) is 5.88 Å². The van der Waals surface area contributed by atoms with Crippen LogP contribution in [0.15, 0.2) is 53.5 Å². The van der Waals surface area contributed by atoms with E-state index < -0.39 is 0 Å². The molecule has 0 aliphatic heterocycles. The van der Waals surface area contributed by atoms with Gasteiger partial charge in [0.15, 0.2) is 0 Å². The molecule has 3 nitrogen and oxygen atoms in total. The summed E-state index contributed by atoms with van der Waals surface area (Å²) in [4.78, 5) is 4.20. The first-order chi connectivity index (χ1) is 9.69. The van der Waals surface area contributed by atoms with E-state index in [0.29, 0.717) is 28.9 Å². The Bertz CT molecular complexity index is 600. The van der Waals surface area contributed by atoms with Crippen molar-refractivity contribution in [1.29, 1.82) is 0 Å². The van der Waals surface area contributed by atoms with Gasteiger partial charge in [-0.25, -0.2) is 4.99 Å². The summed E-state index contributed by atoms with van der Waals surface area (Å²) in [5.74, 6) is 1.09. The standard InChI is InChI=1S/C15H14Cl2N2O/c16-9-15(18)19-13-8-12(17)6-7-14(13)20-10-11-4-2-1-3-5-11/h1-8H,9-10H2,(H2,18,19). The van der Waals surface area contributed by atoms with Crippen molar-refractivity contribution in [1.82, 2.24) is 0 Å². The van der Waals surface area contributed by atoms with Crippen molar-refractivity contribution in [2.24, 2.45) is 10.7 Å². The highest BCUT2D eigenvalue weighted by Crippen LogP contribution is 2.31. The molecular weight excluding hydrogens is 295 g/mol. The van der Waals surface area contributed by atoms with Crippen LogP contribution in [0.3, 0.4) is 0 Å². The van der Waals surface area contributed by atoms with E-state index >= 15 is 0 Å². The highest BCUT2D eigenvalue weighted by atomic mass is 35.5. The zero-order chi connectivity index (χ0) is 14.4. The number of rotatable bonds is 5. The molecule has 0 atom stereocenters. The second-order valence-electron chi connectivity index (χ2n) is 4.12. The van der Waals surface area contributed by atoms with Crippen LogP contribution in [0, 0.1) is 0 Å². The number of halogens is 2. The molecule has 2 aromatic carbocycles. The summed E-state index contributed by atoms with van der Waals surface area (Å²) >= 11 is 11.6. The van der Waals surface area contributed by atoms with Crippen molar-refractivity contribution >= 4 is 34.7 Å². The quantitative estimate of drug-likeness (QED) is 0.512. The summed E-state index contributed by atoms with van der Waals surface area (Å²) in [7, 11) is 0. The smallest absolute Gasteiger partial charge is 0.145 e. The molecule has 0 spiro atoms. The summed E-state index contributed by atoms with van der Waals surface area (Å²) < 4.78 is 5.76. The monoisotopic (exact) mass is 308 g/mol. The Morgan fingerprint density at radius 1 is 1.15 bits per heavy atom. The second-order valence-corrected chi connectivity index (χ2v) is 4.83. The minimum Gasteiger partial charge on any atom is -0.487 e. The lowest BCUT2D eigenvalue weighted by Gasteiger charge is -2.09. The molecule has 0 radical (unpaired) electrons. The Balaban J connectivity index is 2.19. The topological polar surface area (TPSA) is 47.6 Å². The third-order valence-electron chi connectivity index (χ3n) is 2.56. The molecule has 0 unspecified atom stereocenters. The van der Waals surface area contributed by atoms with Gasteiger partial charge < -0.3 is 10.5 Å². The van der Waals surface area contributed by atoms with Crippen LogP contribution < -0.4 is 10.5 Å². The van der Waals surface area contributed by atoms with Crippen molar-refractivity contribution in [3.63, 3.8) is 0 Å². The molecule has 0 fully saturated rings. The molecule has 0 aliphatic rings. The van der Waals surface area contributed by atoms with Gasteiger partial charge in [-0.15, -0.1) is 11.6 Å². The first kappa shape index (κ1) is 14.7. The molecule has 0 aliphatic carbocycles. The SMILES string of the molecule is NC(CCl)=Nc1cc(Cl)ccc1OCc1ccccc1. The highest BCUT2D eigenvalue weighted by molar-refractivity contribution is 6.31. The van der Waals surface area contributed by atoms with Gasteiger partial charge in [-0.3, -0.25) is 0 Å². The molecule has 5 heteroatoms. The van der Waals surface area contributed by atoms with Crippen LogP contribution in [0.25, 0.3) is 0 Å². The Morgan fingerprint density at radius 3 is 2.60 bits per heavy atom. The van der Waals surface area contributed by atoms with Crippen LogP contribution in [-0.4, -0.2) is 11.7 Å². The van der Waals surface area contributed by atoms with Gasteiger partial charge in [-0.05, 0) is 23.8 Å². The molecule has 0 bridgehead atoms. The number of amidine groups is 1. The minimum atomic E-state index is 0.157. The van der Waals surface area contributed by atoms with E-state index in [1.807, 2.05) is 30.3 Å². The van der Waals surface area contributed by atoms with Crippen LogP contribution >= 0.6 is 23.2 Å². The normalized spacial score (nSPS) is 11.4. The molecular formula is C15H14Cl2N2O. The van der Waals surface area contributed by atoms with Gasteiger partial charge in [-0.2, -0.15) is 0 Å². The van der Waals surface area contributed by atoms with Gasteiger partial charge in [-0.1, -0.05) is 41.9 Å². The van der Waals surface area contributed by atoms with Crippen LogP contribution in [0.1, 0.15) is 5.56 Å². The fourth-order valence-electron chi connectivity index (χ4n) is 1.62. The van der Waals surface area contributed by atoms with E-state index in [0.717, 1.165) is 5.56 Å². The molecule has 2 aromatic rings. The fraction of sp³-hybridized carbons (Fsp3) is 0.133. The number of aliphatic imine (C=N–C) groups is 1. The van der Waals surface area contributed by atoms with Gasteiger partial charge in [0.05, 0.1) is 5.88 Å². The van der Waals surface area contributed by atoms with Crippen molar-refractivity contribution < 1.29 is 4.74 Å². The highest BCUT2D eigenvalue weighted by Gasteiger charge is 2.05. The van der Waals surface area contributed by atoms with E-state index in [2.05, 4.69) is 4.99 Å². The molecule has 2 N–H and O–H groups in total. The zero-order valence-corrected chi connectivity index (χ0v) is 12.2. The summed E-state index contributed by atoms with van der Waals surface area (Å²) in [6.07, 6.45) is 0. The molecule has 104 valence electrons. The number of hydrogen-bond donors (Lipinski definition) is 1. The lowest BCUT2D eigenvalue weighted by molar-refractivity contribution is 0.307. The number of benzene rings is 2. The first-order valence-corrected chi connectivity index (χ1v) is 6.95. The van der Waals surface area contributed by atoms with E-state index in [1.165, 1.54) is 0 Å². The Kier molecular flexibility index (Phi) is 5.27. The fourth-order valence-corrected chi connectivity index (χ4v) is 1.85. The summed E-state index contributed by atoms with van der Waals surface area (Å²) in [6.45, 7) is 0.450. The Morgan fingerprint density at radius 2 is 1.90 bits per heavy atom. The van der Waals surface area contributed by atoms with E-state index in [9.17, 15) is 0 Å². The maximum absolute atomic E-state index is 5.96. The van der Waals surface area contributed by atoms with Crippen LogP contribution in [-0.2, 0) is 6.61 Å². The maximum atomic E-state index is 5.96. The lowest BCUT2D eigenvalue weighted by Crippen LogP contribution is -2.12. The molecule has 0 aromatic heterocycles. The van der Waals surface area contributed by atoms with Crippen LogP contribution in [0.5, 0.6) is 5.75 Å². The average Bonchev–Trinajstić information content (AvgIpc) is 2.47. The van der Waals surface area contributed by atoms with Gasteiger partial charge in [0.25, 0.3) is 0 Å². The van der Waals surface area contributed by atoms with E-state index in [4.69, 9.17) is 33.7 Å². The Hall–Kier alpha value is -1.71. The van der Waals surface area contributed by atoms with Gasteiger partial charge in [0, 0.05) is 5.02 Å². The van der Waals surface area contributed by atoms with E-state index in [1.54, 1.807) is 18.2 Å². The van der Waals surface area contributed by atoms with Crippen molar-refractivity contribution in [3.8, 4) is 5.75 Å². The number of nitrogens with two attached hydrogens (primary N) is 1. The predicted molar refractivity (Wildman–Crippen MR) is 84.2 cm³/mol.